The van der Waals surface area contributed by atoms with Gasteiger partial charge in [0.05, 0.1) is 18.1 Å². The quantitative estimate of drug-likeness (QED) is 0.304. The number of benzene rings is 2. The summed E-state index contributed by atoms with van der Waals surface area (Å²) in [5.74, 6) is 0.320. The van der Waals surface area contributed by atoms with Crippen molar-refractivity contribution in [3.8, 4) is 6.07 Å². The fourth-order valence-corrected chi connectivity index (χ4v) is 3.91. The monoisotopic (exact) mass is 463 g/mol. The lowest BCUT2D eigenvalue weighted by molar-refractivity contribution is -0.115. The molecule has 0 aromatic heterocycles. The fourth-order valence-electron chi connectivity index (χ4n) is 3.25. The average molecular weight is 464 g/mol. The fraction of sp³-hybridized carbons (Fsp3) is 0.259. The predicted molar refractivity (Wildman–Crippen MR) is 136 cm³/mol. The average Bonchev–Trinajstić information content (AvgIpc) is 2.77. The molecule has 2 aromatic rings. The van der Waals surface area contributed by atoms with Crippen LogP contribution in [0.25, 0.3) is 0 Å². The molecule has 33 heavy (non-hydrogen) atoms. The second kappa shape index (κ2) is 12.1. The number of carbonyl (C=O) groups excluding carboxylic acids is 1. The number of carbonyl (C=O) groups is 1. The van der Waals surface area contributed by atoms with E-state index in [0.29, 0.717) is 23.5 Å². The number of hydrogen-bond acceptors (Lipinski definition) is 4. The molecular weight excluding hydrogens is 433 g/mol. The van der Waals surface area contributed by atoms with Crippen LogP contribution in [0.3, 0.4) is 0 Å². The zero-order valence-corrected chi connectivity index (χ0v) is 20.2. The van der Waals surface area contributed by atoms with Crippen LogP contribution in [0.1, 0.15) is 37.5 Å². The van der Waals surface area contributed by atoms with Crippen LogP contribution in [-0.4, -0.2) is 18.2 Å². The van der Waals surface area contributed by atoms with Crippen LogP contribution in [0.15, 0.2) is 84.2 Å². The van der Waals surface area contributed by atoms with Gasteiger partial charge in [0.1, 0.15) is 5.83 Å². The first kappa shape index (κ1) is 26.0. The van der Waals surface area contributed by atoms with Crippen molar-refractivity contribution in [2.24, 2.45) is 0 Å². The van der Waals surface area contributed by atoms with Gasteiger partial charge in [0, 0.05) is 28.2 Å². The van der Waals surface area contributed by atoms with Crippen LogP contribution < -0.4 is 10.6 Å². The molecule has 0 radical (unpaired) electrons. The van der Waals surface area contributed by atoms with E-state index in [-0.39, 0.29) is 12.3 Å². The van der Waals surface area contributed by atoms with Gasteiger partial charge in [-0.05, 0) is 53.3 Å². The Kier molecular flexibility index (Phi) is 9.50. The van der Waals surface area contributed by atoms with E-state index in [9.17, 15) is 14.4 Å². The summed E-state index contributed by atoms with van der Waals surface area (Å²) >= 11 is 1.76. The molecule has 0 saturated carbocycles. The number of rotatable bonds is 11. The third-order valence-electron chi connectivity index (χ3n) is 4.97. The molecule has 0 spiro atoms. The molecule has 2 rings (SSSR count). The molecule has 6 heteroatoms. The normalized spacial score (nSPS) is 11.1. The molecule has 2 aromatic carbocycles. The summed E-state index contributed by atoms with van der Waals surface area (Å²) in [4.78, 5) is 13.7. The molecule has 0 aliphatic carbocycles. The third kappa shape index (κ3) is 8.28. The van der Waals surface area contributed by atoms with Crippen LogP contribution in [0.2, 0.25) is 0 Å². The van der Waals surface area contributed by atoms with Crippen molar-refractivity contribution in [3.05, 3.63) is 96.0 Å². The standard InChI is InChI=1S/C27H30FN3OS/c1-6-33-24-12-9-21(10-13-24)15-26(32)31-23-11-14-25(22(16-23)17-29)27(4,5)18-30-20(3)8-7-19(2)28/h7-14,16,30H,2-3,6,15,18H2,1,4-5H3,(H,31,32)/b8-7-. The summed E-state index contributed by atoms with van der Waals surface area (Å²) in [7, 11) is 0. The minimum absolute atomic E-state index is 0.138. The lowest BCUT2D eigenvalue weighted by atomic mass is 9.81. The lowest BCUT2D eigenvalue weighted by Crippen LogP contribution is -2.32. The topological polar surface area (TPSA) is 64.9 Å². The number of anilines is 1. The van der Waals surface area contributed by atoms with Gasteiger partial charge in [-0.3, -0.25) is 4.79 Å². The summed E-state index contributed by atoms with van der Waals surface area (Å²) in [5, 5.41) is 15.7. The van der Waals surface area contributed by atoms with Crippen LogP contribution in [-0.2, 0) is 16.6 Å². The minimum atomic E-state index is -0.547. The molecule has 1 amide bonds. The number of nitrogens with one attached hydrogen (secondary N) is 2. The van der Waals surface area contributed by atoms with E-state index >= 15 is 0 Å². The van der Waals surface area contributed by atoms with Crippen molar-refractivity contribution in [3.63, 3.8) is 0 Å². The van der Waals surface area contributed by atoms with E-state index in [1.807, 2.05) is 44.2 Å². The number of hydrogen-bond donors (Lipinski definition) is 2. The molecule has 0 saturated heterocycles. The molecule has 0 fully saturated rings. The Morgan fingerprint density at radius 1 is 1.18 bits per heavy atom. The Morgan fingerprint density at radius 3 is 2.48 bits per heavy atom. The van der Waals surface area contributed by atoms with Gasteiger partial charge in [-0.15, -0.1) is 11.8 Å². The largest absolute Gasteiger partial charge is 0.385 e. The SMILES string of the molecule is C=C(F)/C=C\C(=C)NCC(C)(C)c1ccc(NC(=O)Cc2ccc(SCC)cc2)cc1C#N. The molecule has 4 nitrogen and oxygen atoms in total. The molecule has 0 unspecified atom stereocenters. The number of halogens is 1. The smallest absolute Gasteiger partial charge is 0.228 e. The molecule has 2 N–H and O–H groups in total. The molecule has 0 bridgehead atoms. The molecule has 0 heterocycles. The molecule has 0 atom stereocenters. The molecular formula is C27H30FN3OS. The first-order valence-corrected chi connectivity index (χ1v) is 11.6. The van der Waals surface area contributed by atoms with E-state index < -0.39 is 11.2 Å². The maximum absolute atomic E-state index is 12.8. The van der Waals surface area contributed by atoms with Crippen molar-refractivity contribution in [1.29, 1.82) is 5.26 Å². The number of amides is 1. The van der Waals surface area contributed by atoms with Crippen molar-refractivity contribution in [2.75, 3.05) is 17.6 Å². The van der Waals surface area contributed by atoms with E-state index in [0.717, 1.165) is 16.9 Å². The number of nitrogens with zero attached hydrogens (tertiary/aromatic N) is 1. The number of nitriles is 1. The highest BCUT2D eigenvalue weighted by atomic mass is 32.2. The zero-order chi connectivity index (χ0) is 24.4. The maximum Gasteiger partial charge on any atom is 0.228 e. The summed E-state index contributed by atoms with van der Waals surface area (Å²) < 4.78 is 12.8. The molecule has 0 aliphatic rings. The van der Waals surface area contributed by atoms with Crippen LogP contribution in [0.5, 0.6) is 0 Å². The number of thioether (sulfide) groups is 1. The highest BCUT2D eigenvalue weighted by Gasteiger charge is 2.24. The summed E-state index contributed by atoms with van der Waals surface area (Å²) in [5.41, 5.74) is 2.98. The van der Waals surface area contributed by atoms with E-state index in [4.69, 9.17) is 0 Å². The molecule has 0 aliphatic heterocycles. The third-order valence-corrected chi connectivity index (χ3v) is 5.87. The van der Waals surface area contributed by atoms with Crippen LogP contribution >= 0.6 is 11.8 Å². The van der Waals surface area contributed by atoms with Gasteiger partial charge in [-0.25, -0.2) is 4.39 Å². The van der Waals surface area contributed by atoms with Crippen LogP contribution in [0, 0.1) is 11.3 Å². The van der Waals surface area contributed by atoms with Crippen molar-refractivity contribution < 1.29 is 9.18 Å². The highest BCUT2D eigenvalue weighted by molar-refractivity contribution is 7.99. The Labute approximate surface area is 200 Å². The Morgan fingerprint density at radius 2 is 1.88 bits per heavy atom. The van der Waals surface area contributed by atoms with Gasteiger partial charge in [-0.2, -0.15) is 5.26 Å². The zero-order valence-electron chi connectivity index (χ0n) is 19.4. The van der Waals surface area contributed by atoms with Crippen LogP contribution in [0.4, 0.5) is 10.1 Å². The van der Waals surface area contributed by atoms with E-state index in [1.165, 1.54) is 17.0 Å². The summed E-state index contributed by atoms with van der Waals surface area (Å²) in [6.07, 6.45) is 3.01. The summed E-state index contributed by atoms with van der Waals surface area (Å²) in [6.45, 7) is 13.6. The Bertz CT molecular complexity index is 1080. The highest BCUT2D eigenvalue weighted by Crippen LogP contribution is 2.28. The van der Waals surface area contributed by atoms with E-state index in [1.54, 1.807) is 23.9 Å². The van der Waals surface area contributed by atoms with Gasteiger partial charge in [-0.1, -0.05) is 52.1 Å². The first-order chi connectivity index (χ1) is 15.6. The lowest BCUT2D eigenvalue weighted by Gasteiger charge is -2.27. The van der Waals surface area contributed by atoms with Gasteiger partial charge >= 0.3 is 0 Å². The van der Waals surface area contributed by atoms with Gasteiger partial charge in [0.15, 0.2) is 0 Å². The van der Waals surface area contributed by atoms with Gasteiger partial charge in [0.25, 0.3) is 0 Å². The maximum atomic E-state index is 12.8. The Balaban J connectivity index is 2.05. The van der Waals surface area contributed by atoms with Crippen molar-refractivity contribution in [2.45, 2.75) is 37.5 Å². The second-order valence-electron chi connectivity index (χ2n) is 8.22. The van der Waals surface area contributed by atoms with Gasteiger partial charge in [0.2, 0.25) is 5.91 Å². The van der Waals surface area contributed by atoms with Gasteiger partial charge < -0.3 is 10.6 Å². The minimum Gasteiger partial charge on any atom is -0.385 e. The number of allylic oxidation sites excluding steroid dienone is 3. The summed E-state index contributed by atoms with van der Waals surface area (Å²) in [6, 6.07) is 15.6. The van der Waals surface area contributed by atoms with Crippen molar-refractivity contribution >= 4 is 23.4 Å². The Hall–Kier alpha value is -3.30. The second-order valence-corrected chi connectivity index (χ2v) is 9.55. The molecule has 172 valence electrons. The van der Waals surface area contributed by atoms with Crippen molar-refractivity contribution in [1.82, 2.24) is 5.32 Å². The first-order valence-electron chi connectivity index (χ1n) is 10.7. The van der Waals surface area contributed by atoms with E-state index in [2.05, 4.69) is 36.8 Å². The predicted octanol–water partition coefficient (Wildman–Crippen LogP) is 6.27.